The Morgan fingerprint density at radius 3 is 2.75 bits per heavy atom. The lowest BCUT2D eigenvalue weighted by Crippen LogP contribution is -3.00. The molecule has 1 aromatic rings. The van der Waals surface area contributed by atoms with E-state index >= 15 is 0 Å². The van der Waals surface area contributed by atoms with Gasteiger partial charge in [0.05, 0.1) is 0 Å². The number of hydrogen-bond acceptors (Lipinski definition) is 3. The second-order valence-electron chi connectivity index (χ2n) is 2.30. The summed E-state index contributed by atoms with van der Waals surface area (Å²) >= 11 is 3.26. The van der Waals surface area contributed by atoms with Crippen LogP contribution < -0.4 is 22.8 Å². The molecule has 12 heavy (non-hydrogen) atoms. The van der Waals surface area contributed by atoms with Gasteiger partial charge < -0.3 is 18.1 Å². The maximum absolute atomic E-state index is 5.42. The summed E-state index contributed by atoms with van der Waals surface area (Å²) in [6, 6.07) is 0. The maximum Gasteiger partial charge on any atom is 0.339 e. The van der Waals surface area contributed by atoms with Gasteiger partial charge in [-0.05, 0) is 4.68 Å². The molecule has 1 heterocycles. The molecule has 2 N–H and O–H groups in total. The fourth-order valence-electron chi connectivity index (χ4n) is 0.741. The van der Waals surface area contributed by atoms with Crippen molar-refractivity contribution in [3.63, 3.8) is 0 Å². The van der Waals surface area contributed by atoms with Crippen molar-refractivity contribution in [3.8, 4) is 0 Å². The van der Waals surface area contributed by atoms with Gasteiger partial charge in [-0.2, -0.15) is 0 Å². The predicted octanol–water partition coefficient (Wildman–Crippen LogP) is -1.89. The Balaban J connectivity index is 0.00000121. The molecule has 0 aliphatic rings. The van der Waals surface area contributed by atoms with Crippen molar-refractivity contribution in [2.24, 2.45) is 0 Å². The van der Waals surface area contributed by atoms with Crippen molar-refractivity contribution < 1.29 is 21.6 Å². The Bertz CT molecular complexity index is 241. The Kier molecular flexibility index (Phi) is 5.24. The van der Waals surface area contributed by atoms with Gasteiger partial charge >= 0.3 is 10.5 Å². The van der Waals surface area contributed by atoms with E-state index in [9.17, 15) is 0 Å². The Morgan fingerprint density at radius 2 is 2.33 bits per heavy atom. The Morgan fingerprint density at radius 1 is 1.67 bits per heavy atom. The molecule has 0 aliphatic carbocycles. The van der Waals surface area contributed by atoms with Crippen LogP contribution in [0.4, 0.5) is 5.88 Å². The predicted molar refractivity (Wildman–Crippen MR) is 43.7 cm³/mol. The van der Waals surface area contributed by atoms with Gasteiger partial charge in [0.1, 0.15) is 0 Å². The quantitative estimate of drug-likeness (QED) is 0.644. The van der Waals surface area contributed by atoms with Gasteiger partial charge in [-0.1, -0.05) is 13.3 Å². The van der Waals surface area contributed by atoms with Crippen LogP contribution in [0.15, 0.2) is 9.13 Å². The van der Waals surface area contributed by atoms with Crippen molar-refractivity contribution in [3.05, 3.63) is 4.60 Å². The lowest BCUT2D eigenvalue weighted by Gasteiger charge is -1.85. The van der Waals surface area contributed by atoms with Gasteiger partial charge in [0, 0.05) is 22.4 Å². The van der Waals surface area contributed by atoms with Crippen LogP contribution in [0.5, 0.6) is 0 Å². The number of nitrogens with two attached hydrogens (primary N) is 1. The van der Waals surface area contributed by atoms with E-state index in [2.05, 4.69) is 28.1 Å². The highest BCUT2D eigenvalue weighted by Crippen LogP contribution is 2.11. The number of nitrogens with zero attached hydrogens (tertiary/aromatic N) is 2. The molecule has 0 unspecified atom stereocenters. The monoisotopic (exact) mass is 255 g/mol. The zero-order valence-corrected chi connectivity index (χ0v) is 9.10. The summed E-state index contributed by atoms with van der Waals surface area (Å²) in [7, 11) is 0. The molecule has 6 heteroatoms. The van der Waals surface area contributed by atoms with E-state index in [0.29, 0.717) is 5.88 Å². The second-order valence-corrected chi connectivity index (χ2v) is 3.06. The molecule has 70 valence electrons. The van der Waals surface area contributed by atoms with Gasteiger partial charge in [-0.25, -0.2) is 0 Å². The first-order valence-electron chi connectivity index (χ1n) is 3.56. The van der Waals surface area contributed by atoms with Gasteiger partial charge in [0.2, 0.25) is 5.27 Å². The third-order valence-electron chi connectivity index (χ3n) is 1.39. The third kappa shape index (κ3) is 2.64. The standard InChI is InChI=1S/C6H11BrN3O.ClH/c1-2-3-4-10-5(7)6(8)11-9-10;/h2-4,8H2,1H3;1H/q+1;/p-1. The maximum atomic E-state index is 5.42. The molecule has 1 rings (SSSR count). The van der Waals surface area contributed by atoms with E-state index in [1.165, 1.54) is 0 Å². The van der Waals surface area contributed by atoms with E-state index in [-0.39, 0.29) is 12.4 Å². The molecule has 0 atom stereocenters. The normalized spacial score (nSPS) is 9.50. The molecule has 0 spiro atoms. The van der Waals surface area contributed by atoms with Crippen LogP contribution >= 0.6 is 15.9 Å². The van der Waals surface area contributed by atoms with Crippen molar-refractivity contribution in [1.29, 1.82) is 0 Å². The van der Waals surface area contributed by atoms with Crippen LogP contribution in [0.2, 0.25) is 0 Å². The number of aromatic nitrogens is 2. The fourth-order valence-corrected chi connectivity index (χ4v) is 1.06. The van der Waals surface area contributed by atoms with E-state index in [1.807, 2.05) is 0 Å². The van der Waals surface area contributed by atoms with Crippen molar-refractivity contribution in [2.45, 2.75) is 26.3 Å². The Hall–Kier alpha value is -0.290. The molecule has 0 amide bonds. The summed E-state index contributed by atoms with van der Waals surface area (Å²) in [5.74, 6) is 0.334. The summed E-state index contributed by atoms with van der Waals surface area (Å²) in [6.07, 6.45) is 2.21. The number of anilines is 1. The highest BCUT2D eigenvalue weighted by molar-refractivity contribution is 9.10. The van der Waals surface area contributed by atoms with Crippen LogP contribution in [0.1, 0.15) is 19.8 Å². The van der Waals surface area contributed by atoms with E-state index < -0.39 is 0 Å². The molecule has 0 bridgehead atoms. The zero-order chi connectivity index (χ0) is 8.27. The van der Waals surface area contributed by atoms with Crippen LogP contribution in [0.25, 0.3) is 0 Å². The Labute approximate surface area is 85.6 Å². The smallest absolute Gasteiger partial charge is 0.339 e. The zero-order valence-electron chi connectivity index (χ0n) is 6.76. The first-order valence-corrected chi connectivity index (χ1v) is 4.35. The number of halogens is 2. The van der Waals surface area contributed by atoms with Gasteiger partial charge in [0.25, 0.3) is 0 Å². The number of unbranched alkanes of at least 4 members (excludes halogenated alkanes) is 1. The largest absolute Gasteiger partial charge is 1.00 e. The summed E-state index contributed by atoms with van der Waals surface area (Å²) in [5.41, 5.74) is 5.42. The molecule has 0 saturated heterocycles. The minimum absolute atomic E-state index is 0. The number of aryl methyl sites for hydroxylation is 1. The van der Waals surface area contributed by atoms with E-state index in [0.717, 1.165) is 24.0 Å². The molecule has 0 aromatic carbocycles. The molecule has 0 aliphatic heterocycles. The van der Waals surface area contributed by atoms with Gasteiger partial charge in [-0.15, -0.1) is 0 Å². The lowest BCUT2D eigenvalue weighted by atomic mass is 10.3. The molecular formula is C6H11BrClN3O. The first-order chi connectivity index (χ1) is 5.25. The van der Waals surface area contributed by atoms with Crippen molar-refractivity contribution >= 4 is 21.8 Å². The molecule has 1 aromatic heterocycles. The molecule has 4 nitrogen and oxygen atoms in total. The van der Waals surface area contributed by atoms with Crippen LogP contribution in [-0.2, 0) is 6.54 Å². The first kappa shape index (κ1) is 11.7. The summed E-state index contributed by atoms with van der Waals surface area (Å²) in [5, 5.41) is 3.72. The summed E-state index contributed by atoms with van der Waals surface area (Å²) in [6.45, 7) is 2.97. The molecule has 0 fully saturated rings. The van der Waals surface area contributed by atoms with Crippen LogP contribution in [0, 0.1) is 0 Å². The highest BCUT2D eigenvalue weighted by atomic mass is 79.9. The fraction of sp³-hybridized carbons (Fsp3) is 0.667. The molecular weight excluding hydrogens is 245 g/mol. The van der Waals surface area contributed by atoms with E-state index in [4.69, 9.17) is 10.3 Å². The highest BCUT2D eigenvalue weighted by Gasteiger charge is 2.17. The third-order valence-corrected chi connectivity index (χ3v) is 2.19. The number of nitrogen functional groups attached to an aromatic ring is 1. The minimum atomic E-state index is 0. The molecule has 0 radical (unpaired) electrons. The SMILES string of the molecule is CCCC[n+]1noc(N)c1Br.[Cl-]. The van der Waals surface area contributed by atoms with Crippen LogP contribution in [0.3, 0.4) is 0 Å². The number of rotatable bonds is 3. The number of hydrogen-bond donors (Lipinski definition) is 1. The molecule has 0 saturated carbocycles. The summed E-state index contributed by atoms with van der Waals surface area (Å²) < 4.78 is 7.17. The lowest BCUT2D eigenvalue weighted by molar-refractivity contribution is -0.771. The van der Waals surface area contributed by atoms with Crippen LogP contribution in [-0.4, -0.2) is 5.27 Å². The minimum Gasteiger partial charge on any atom is -1.00 e. The second kappa shape index (κ2) is 5.37. The van der Waals surface area contributed by atoms with Gasteiger partial charge in [0.15, 0.2) is 6.54 Å². The topological polar surface area (TPSA) is 55.9 Å². The van der Waals surface area contributed by atoms with Crippen molar-refractivity contribution in [1.82, 2.24) is 5.27 Å². The average molecular weight is 257 g/mol. The summed E-state index contributed by atoms with van der Waals surface area (Å²) in [4.78, 5) is 0. The van der Waals surface area contributed by atoms with Crippen molar-refractivity contribution in [2.75, 3.05) is 5.73 Å². The van der Waals surface area contributed by atoms with Gasteiger partial charge in [-0.3, -0.25) is 4.52 Å². The average Bonchev–Trinajstić information content (AvgIpc) is 2.31. The van der Waals surface area contributed by atoms with E-state index in [1.54, 1.807) is 4.68 Å².